The van der Waals surface area contributed by atoms with Gasteiger partial charge in [-0.1, -0.05) is 11.3 Å². The molecule has 1 amide bonds. The molecule has 0 spiro atoms. The summed E-state index contributed by atoms with van der Waals surface area (Å²) in [4.78, 5) is 29.3. The lowest BCUT2D eigenvalue weighted by Crippen LogP contribution is -2.18. The summed E-state index contributed by atoms with van der Waals surface area (Å²) in [5.74, 6) is -0.725. The number of ether oxygens (including phenoxy) is 1. The number of esters is 1. The number of hydrogen-bond donors (Lipinski definition) is 0. The van der Waals surface area contributed by atoms with E-state index in [2.05, 4.69) is 10.1 Å². The minimum Gasteiger partial charge on any atom is -0.465 e. The van der Waals surface area contributed by atoms with Crippen molar-refractivity contribution in [3.63, 3.8) is 0 Å². The molecule has 0 aliphatic rings. The van der Waals surface area contributed by atoms with Gasteiger partial charge >= 0.3 is 5.97 Å². The lowest BCUT2D eigenvalue weighted by Gasteiger charge is -2.07. The van der Waals surface area contributed by atoms with E-state index in [1.807, 2.05) is 31.4 Å². The number of carbonyl (C=O) groups excluding carboxylic acids is 2. The van der Waals surface area contributed by atoms with Crippen molar-refractivity contribution in [1.82, 2.24) is 14.3 Å². The highest BCUT2D eigenvalue weighted by atomic mass is 32.1. The van der Waals surface area contributed by atoms with Crippen molar-refractivity contribution in [3.05, 3.63) is 46.5 Å². The quantitative estimate of drug-likeness (QED) is 0.660. The Morgan fingerprint density at radius 3 is 2.73 bits per heavy atom. The van der Waals surface area contributed by atoms with Crippen LogP contribution in [0.15, 0.2) is 35.5 Å². The largest absolute Gasteiger partial charge is 0.465 e. The molecule has 0 aliphatic carbocycles. The molecule has 136 valence electrons. The predicted octanol–water partition coefficient (Wildman–Crippen LogP) is 3.03. The van der Waals surface area contributed by atoms with Crippen molar-refractivity contribution in [2.24, 2.45) is 4.99 Å². The zero-order valence-electron chi connectivity index (χ0n) is 15.1. The average Bonchev–Trinajstić information content (AvgIpc) is 3.24. The number of aromatic nitrogens is 3. The Balaban J connectivity index is 2.11. The molecule has 2 aromatic heterocycles. The minimum atomic E-state index is -0.390. The topological polar surface area (TPSA) is 78.5 Å². The molecule has 2 heterocycles. The van der Waals surface area contributed by atoms with Crippen LogP contribution in [-0.2, 0) is 11.3 Å². The van der Waals surface area contributed by atoms with Crippen LogP contribution in [0.1, 0.15) is 47.7 Å². The smallest absolute Gasteiger partial charge is 0.337 e. The molecule has 1 aromatic carbocycles. The monoisotopic (exact) mass is 372 g/mol. The Morgan fingerprint density at radius 2 is 2.08 bits per heavy atom. The van der Waals surface area contributed by atoms with E-state index in [1.165, 1.54) is 18.4 Å². The third kappa shape index (κ3) is 3.20. The van der Waals surface area contributed by atoms with Gasteiger partial charge in [-0.2, -0.15) is 10.1 Å². The highest BCUT2D eigenvalue weighted by Crippen LogP contribution is 2.20. The molecule has 0 radical (unpaired) electrons. The van der Waals surface area contributed by atoms with Crippen LogP contribution in [0.5, 0.6) is 0 Å². The third-order valence-corrected chi connectivity index (χ3v) is 5.04. The van der Waals surface area contributed by atoms with Crippen LogP contribution in [0.25, 0.3) is 10.2 Å². The molecule has 0 fully saturated rings. The highest BCUT2D eigenvalue weighted by molar-refractivity contribution is 7.16. The summed E-state index contributed by atoms with van der Waals surface area (Å²) in [6, 6.07) is 7.07. The van der Waals surface area contributed by atoms with Gasteiger partial charge in [0, 0.05) is 18.8 Å². The Bertz CT molecular complexity index is 1040. The fourth-order valence-corrected chi connectivity index (χ4v) is 3.88. The summed E-state index contributed by atoms with van der Waals surface area (Å²) in [6.07, 6.45) is 1.60. The minimum absolute atomic E-state index is 0.0717. The third-order valence-electron chi connectivity index (χ3n) is 4.00. The molecule has 3 aromatic rings. The number of carbonyl (C=O) groups is 2. The first-order chi connectivity index (χ1) is 12.5. The Hall–Kier alpha value is -2.74. The van der Waals surface area contributed by atoms with Crippen LogP contribution in [-0.4, -0.2) is 33.3 Å². The van der Waals surface area contributed by atoms with E-state index >= 15 is 0 Å². The maximum Gasteiger partial charge on any atom is 0.337 e. The molecular weight excluding hydrogens is 352 g/mol. The summed E-state index contributed by atoms with van der Waals surface area (Å²) in [7, 11) is 1.35. The molecule has 0 aliphatic heterocycles. The average molecular weight is 372 g/mol. The lowest BCUT2D eigenvalue weighted by atomic mass is 10.2. The van der Waals surface area contributed by atoms with Crippen LogP contribution < -0.4 is 4.80 Å². The van der Waals surface area contributed by atoms with Crippen molar-refractivity contribution in [2.45, 2.75) is 33.4 Å². The Morgan fingerprint density at radius 1 is 1.31 bits per heavy atom. The zero-order chi connectivity index (χ0) is 18.8. The second-order valence-electron chi connectivity index (χ2n) is 5.97. The van der Waals surface area contributed by atoms with Gasteiger partial charge in [-0.05, 0) is 45.0 Å². The van der Waals surface area contributed by atoms with Crippen LogP contribution in [0, 0.1) is 0 Å². The number of rotatable bonds is 4. The van der Waals surface area contributed by atoms with Crippen LogP contribution in [0.4, 0.5) is 0 Å². The van der Waals surface area contributed by atoms with Crippen molar-refractivity contribution in [2.75, 3.05) is 7.11 Å². The molecule has 0 saturated carbocycles. The van der Waals surface area contributed by atoms with Crippen LogP contribution >= 0.6 is 11.3 Å². The van der Waals surface area contributed by atoms with E-state index in [-0.39, 0.29) is 11.9 Å². The molecule has 0 N–H and O–H groups in total. The maximum atomic E-state index is 12.7. The summed E-state index contributed by atoms with van der Waals surface area (Å²) < 4.78 is 9.25. The number of benzene rings is 1. The van der Waals surface area contributed by atoms with Gasteiger partial charge in [-0.15, -0.1) is 0 Å². The van der Waals surface area contributed by atoms with E-state index < -0.39 is 5.97 Å². The maximum absolute atomic E-state index is 12.7. The van der Waals surface area contributed by atoms with E-state index in [1.54, 1.807) is 29.1 Å². The molecule has 0 unspecified atom stereocenters. The summed E-state index contributed by atoms with van der Waals surface area (Å²) in [5, 5.41) is 4.19. The number of methoxy groups -OCH3 is 1. The second kappa shape index (κ2) is 7.25. The molecule has 3 rings (SSSR count). The first-order valence-corrected chi connectivity index (χ1v) is 9.12. The number of thiazole rings is 1. The van der Waals surface area contributed by atoms with Crippen molar-refractivity contribution in [3.8, 4) is 0 Å². The number of hydrogen-bond acceptors (Lipinski definition) is 5. The van der Waals surface area contributed by atoms with E-state index in [0.717, 1.165) is 10.2 Å². The van der Waals surface area contributed by atoms with Gasteiger partial charge in [0.25, 0.3) is 5.91 Å². The summed E-state index contributed by atoms with van der Waals surface area (Å²) in [5.41, 5.74) is 1.85. The van der Waals surface area contributed by atoms with Gasteiger partial charge in [-0.3, -0.25) is 9.48 Å². The van der Waals surface area contributed by atoms with E-state index in [4.69, 9.17) is 4.74 Å². The first-order valence-electron chi connectivity index (χ1n) is 8.30. The molecule has 0 saturated heterocycles. The molecule has 7 nitrogen and oxygen atoms in total. The number of amides is 1. The van der Waals surface area contributed by atoms with E-state index in [0.29, 0.717) is 22.6 Å². The zero-order valence-corrected chi connectivity index (χ0v) is 15.9. The van der Waals surface area contributed by atoms with Crippen LogP contribution in [0.3, 0.4) is 0 Å². The van der Waals surface area contributed by atoms with Crippen molar-refractivity contribution < 1.29 is 14.3 Å². The van der Waals surface area contributed by atoms with Gasteiger partial charge in [0.2, 0.25) is 0 Å². The van der Waals surface area contributed by atoms with Crippen molar-refractivity contribution >= 4 is 33.4 Å². The first kappa shape index (κ1) is 18.1. The number of nitrogens with zero attached hydrogens (tertiary/aromatic N) is 4. The van der Waals surface area contributed by atoms with Gasteiger partial charge in [0.15, 0.2) is 4.80 Å². The fourth-order valence-electron chi connectivity index (χ4n) is 2.75. The summed E-state index contributed by atoms with van der Waals surface area (Å²) >= 11 is 1.37. The predicted molar refractivity (Wildman–Crippen MR) is 99.3 cm³/mol. The van der Waals surface area contributed by atoms with Gasteiger partial charge < -0.3 is 9.30 Å². The molecule has 0 atom stereocenters. The van der Waals surface area contributed by atoms with E-state index in [9.17, 15) is 9.59 Å². The van der Waals surface area contributed by atoms with Gasteiger partial charge in [0.05, 0.1) is 22.9 Å². The molecule has 8 heteroatoms. The fraction of sp³-hybridized carbons (Fsp3) is 0.333. The Labute approximate surface area is 154 Å². The molecule has 0 bridgehead atoms. The van der Waals surface area contributed by atoms with Crippen LogP contribution in [0.2, 0.25) is 0 Å². The number of fused-ring (bicyclic) bond motifs is 1. The molecule has 26 heavy (non-hydrogen) atoms. The van der Waals surface area contributed by atoms with Gasteiger partial charge in [0.1, 0.15) is 5.69 Å². The lowest BCUT2D eigenvalue weighted by molar-refractivity contribution is 0.0601. The standard InChI is InChI=1S/C18H20N4O3S/c1-5-21-13-7-6-12(17(24)25-4)10-15(13)26-18(21)20-16(23)14-8-9-19-22(14)11(2)3/h6-11H,5H2,1-4H3. The number of aryl methyl sites for hydroxylation is 1. The second-order valence-corrected chi connectivity index (χ2v) is 6.98. The highest BCUT2D eigenvalue weighted by Gasteiger charge is 2.15. The molecular formula is C18H20N4O3S. The normalized spacial score (nSPS) is 12.1. The summed E-state index contributed by atoms with van der Waals surface area (Å²) in [6.45, 7) is 6.57. The van der Waals surface area contributed by atoms with Crippen molar-refractivity contribution in [1.29, 1.82) is 0 Å². The SMILES string of the molecule is CCn1c(=NC(=O)c2ccnn2C(C)C)sc2cc(C(=O)OC)ccc21. The Kier molecular flexibility index (Phi) is 5.03. The van der Waals surface area contributed by atoms with Gasteiger partial charge in [-0.25, -0.2) is 4.79 Å².